The maximum absolute atomic E-state index is 13.1. The highest BCUT2D eigenvalue weighted by atomic mass is 16.6. The zero-order valence-corrected chi connectivity index (χ0v) is 17.0. The molecule has 0 saturated heterocycles. The van der Waals surface area contributed by atoms with Crippen molar-refractivity contribution in [2.45, 2.75) is 32.0 Å². The molecular formula is C22H24O8. The highest BCUT2D eigenvalue weighted by Gasteiger charge is 2.50. The molecule has 0 amide bonds. The molecule has 0 saturated carbocycles. The van der Waals surface area contributed by atoms with Crippen LogP contribution >= 0.6 is 0 Å². The normalized spacial score (nSPS) is 23.7. The van der Waals surface area contributed by atoms with Gasteiger partial charge < -0.3 is 29.5 Å². The molecular weight excluding hydrogens is 392 g/mol. The molecule has 3 rings (SSSR count). The molecule has 1 aromatic carbocycles. The van der Waals surface area contributed by atoms with Crippen molar-refractivity contribution in [2.75, 3.05) is 20.3 Å². The Hall–Kier alpha value is -3.10. The van der Waals surface area contributed by atoms with Crippen molar-refractivity contribution >= 4 is 11.8 Å². The molecule has 0 radical (unpaired) electrons. The largest absolute Gasteiger partial charge is 0.507 e. The van der Waals surface area contributed by atoms with E-state index in [0.29, 0.717) is 28.2 Å². The fourth-order valence-electron chi connectivity index (χ4n) is 3.54. The second-order valence-corrected chi connectivity index (χ2v) is 7.31. The van der Waals surface area contributed by atoms with Crippen molar-refractivity contribution in [1.29, 1.82) is 0 Å². The highest BCUT2D eigenvalue weighted by molar-refractivity contribution is 6.07. The van der Waals surface area contributed by atoms with E-state index in [0.717, 1.165) is 0 Å². The molecule has 2 aliphatic rings. The number of aliphatic hydroxyl groups is 2. The summed E-state index contributed by atoms with van der Waals surface area (Å²) in [4.78, 5) is 25.9. The first-order valence-corrected chi connectivity index (χ1v) is 9.39. The molecule has 1 heterocycles. The fraction of sp³-hybridized carbons (Fsp3) is 0.364. The van der Waals surface area contributed by atoms with Gasteiger partial charge in [-0.3, -0.25) is 4.79 Å². The zero-order chi connectivity index (χ0) is 22.1. The summed E-state index contributed by atoms with van der Waals surface area (Å²) >= 11 is 0. The number of hydrogen-bond acceptors (Lipinski definition) is 8. The molecule has 0 bridgehead atoms. The van der Waals surface area contributed by atoms with Crippen molar-refractivity contribution in [2.24, 2.45) is 0 Å². The summed E-state index contributed by atoms with van der Waals surface area (Å²) in [5.74, 6) is -1.000. The van der Waals surface area contributed by atoms with E-state index in [9.17, 15) is 19.8 Å². The number of phenolic OH excluding ortho intramolecular Hbond substituents is 1. The number of ether oxygens (including phenoxy) is 3. The van der Waals surface area contributed by atoms with E-state index in [1.165, 1.54) is 26.2 Å². The zero-order valence-electron chi connectivity index (χ0n) is 17.0. The Morgan fingerprint density at radius 1 is 1.40 bits per heavy atom. The van der Waals surface area contributed by atoms with Crippen LogP contribution in [0.25, 0.3) is 0 Å². The first-order valence-electron chi connectivity index (χ1n) is 9.39. The SMILES string of the molecule is COc1cc(C)c(C(=O)O[C@]2(C)C(=O)C3=C(C=C(/C=C\CO)OC3)C[C@@H]2O)c(O)c1. The highest BCUT2D eigenvalue weighted by Crippen LogP contribution is 2.38. The number of ketones is 1. The summed E-state index contributed by atoms with van der Waals surface area (Å²) in [6.07, 6.45) is 3.48. The average Bonchev–Trinajstić information content (AvgIpc) is 2.70. The molecule has 0 unspecified atom stereocenters. The van der Waals surface area contributed by atoms with Gasteiger partial charge >= 0.3 is 5.97 Å². The van der Waals surface area contributed by atoms with Crippen LogP contribution in [0.3, 0.4) is 0 Å². The molecule has 8 heteroatoms. The lowest BCUT2D eigenvalue weighted by molar-refractivity contribution is -0.147. The molecule has 30 heavy (non-hydrogen) atoms. The Balaban J connectivity index is 1.90. The third kappa shape index (κ3) is 3.83. The Bertz CT molecular complexity index is 948. The molecule has 2 atom stereocenters. The number of carbonyl (C=O) groups is 2. The molecule has 0 aromatic heterocycles. The third-order valence-electron chi connectivity index (χ3n) is 5.28. The lowest BCUT2D eigenvalue weighted by atomic mass is 9.77. The van der Waals surface area contributed by atoms with E-state index in [1.54, 1.807) is 25.1 Å². The van der Waals surface area contributed by atoms with Crippen molar-refractivity contribution in [3.8, 4) is 11.5 Å². The number of phenols is 1. The maximum atomic E-state index is 13.1. The molecule has 0 fully saturated rings. The number of methoxy groups -OCH3 is 1. The third-order valence-corrected chi connectivity index (χ3v) is 5.28. The second kappa shape index (κ2) is 8.33. The van der Waals surface area contributed by atoms with Crippen LogP contribution in [-0.2, 0) is 14.3 Å². The number of carbonyl (C=O) groups excluding carboxylic acids is 2. The number of benzene rings is 1. The lowest BCUT2D eigenvalue weighted by Gasteiger charge is -2.39. The summed E-state index contributed by atoms with van der Waals surface area (Å²) in [6.45, 7) is 2.76. The summed E-state index contributed by atoms with van der Waals surface area (Å²) in [7, 11) is 1.43. The topological polar surface area (TPSA) is 123 Å². The van der Waals surface area contributed by atoms with Crippen LogP contribution in [0, 0.1) is 6.92 Å². The van der Waals surface area contributed by atoms with E-state index >= 15 is 0 Å². The minimum absolute atomic E-state index is 0.0392. The van der Waals surface area contributed by atoms with E-state index in [1.807, 2.05) is 0 Å². The molecule has 1 aromatic rings. The number of allylic oxidation sites excluding steroid dienone is 2. The number of aryl methyl sites for hydroxylation is 1. The van der Waals surface area contributed by atoms with Gasteiger partial charge in [0.15, 0.2) is 5.60 Å². The number of esters is 1. The van der Waals surface area contributed by atoms with E-state index in [-0.39, 0.29) is 30.9 Å². The molecule has 0 spiro atoms. The average molecular weight is 416 g/mol. The number of aliphatic hydroxyl groups excluding tert-OH is 2. The van der Waals surface area contributed by atoms with Gasteiger partial charge in [-0.25, -0.2) is 4.79 Å². The van der Waals surface area contributed by atoms with E-state index in [2.05, 4.69) is 0 Å². The van der Waals surface area contributed by atoms with Crippen LogP contribution in [0.5, 0.6) is 11.5 Å². The van der Waals surface area contributed by atoms with Crippen molar-refractivity contribution < 1.29 is 39.1 Å². The van der Waals surface area contributed by atoms with Gasteiger partial charge in [0.05, 0.1) is 13.7 Å². The quantitative estimate of drug-likeness (QED) is 0.620. The second-order valence-electron chi connectivity index (χ2n) is 7.31. The van der Waals surface area contributed by atoms with Crippen molar-refractivity contribution in [1.82, 2.24) is 0 Å². The van der Waals surface area contributed by atoms with Crippen LogP contribution in [-0.4, -0.2) is 59.1 Å². The van der Waals surface area contributed by atoms with Crippen LogP contribution in [0.1, 0.15) is 29.3 Å². The van der Waals surface area contributed by atoms with Crippen molar-refractivity contribution in [3.05, 3.63) is 58.4 Å². The van der Waals surface area contributed by atoms with Crippen LogP contribution < -0.4 is 4.74 Å². The van der Waals surface area contributed by atoms with Gasteiger partial charge in [0.2, 0.25) is 5.78 Å². The number of rotatable bonds is 5. The molecule has 1 aliphatic heterocycles. The number of aromatic hydroxyl groups is 1. The summed E-state index contributed by atoms with van der Waals surface area (Å²) in [5.41, 5.74) is -0.624. The van der Waals surface area contributed by atoms with Crippen LogP contribution in [0.15, 0.2) is 47.3 Å². The fourth-order valence-corrected chi connectivity index (χ4v) is 3.54. The first kappa shape index (κ1) is 21.6. The number of Topliss-reactive ketones (excluding diaryl/α,β-unsaturated/α-hetero) is 1. The first-order chi connectivity index (χ1) is 14.2. The minimum Gasteiger partial charge on any atom is -0.507 e. The Labute approximate surface area is 173 Å². The van der Waals surface area contributed by atoms with Crippen LogP contribution in [0.2, 0.25) is 0 Å². The standard InChI is InChI=1S/C22H24O8/c1-12-7-15(28-3)10-17(24)19(12)21(27)30-22(2)18(25)9-13-8-14(5-4-6-23)29-11-16(13)20(22)26/h4-5,7-8,10,18,23-25H,6,9,11H2,1-3H3/b5-4-/t18-,22-/m0/s1. The van der Waals surface area contributed by atoms with Gasteiger partial charge in [-0.15, -0.1) is 0 Å². The molecule has 160 valence electrons. The van der Waals surface area contributed by atoms with Gasteiger partial charge in [-0.05, 0) is 43.2 Å². The monoisotopic (exact) mass is 416 g/mol. The van der Waals surface area contributed by atoms with E-state index < -0.39 is 23.5 Å². The van der Waals surface area contributed by atoms with Gasteiger partial charge in [0.25, 0.3) is 0 Å². The lowest BCUT2D eigenvalue weighted by Crippen LogP contribution is -2.54. The molecule has 8 nitrogen and oxygen atoms in total. The number of hydrogen-bond donors (Lipinski definition) is 3. The van der Waals surface area contributed by atoms with Crippen LogP contribution in [0.4, 0.5) is 0 Å². The molecule has 3 N–H and O–H groups in total. The minimum atomic E-state index is -1.83. The Morgan fingerprint density at radius 3 is 2.77 bits per heavy atom. The maximum Gasteiger partial charge on any atom is 0.343 e. The van der Waals surface area contributed by atoms with Gasteiger partial charge in [0, 0.05) is 18.1 Å². The Kier molecular flexibility index (Phi) is 6.00. The van der Waals surface area contributed by atoms with Gasteiger partial charge in [-0.1, -0.05) is 6.08 Å². The summed E-state index contributed by atoms with van der Waals surface area (Å²) in [5, 5.41) is 29.8. The van der Waals surface area contributed by atoms with Crippen molar-refractivity contribution in [3.63, 3.8) is 0 Å². The smallest absolute Gasteiger partial charge is 0.343 e. The summed E-state index contributed by atoms with van der Waals surface area (Å²) in [6, 6.07) is 2.83. The van der Waals surface area contributed by atoms with Gasteiger partial charge in [0.1, 0.15) is 35.5 Å². The van der Waals surface area contributed by atoms with Gasteiger partial charge in [-0.2, -0.15) is 0 Å². The summed E-state index contributed by atoms with van der Waals surface area (Å²) < 4.78 is 16.0. The van der Waals surface area contributed by atoms with E-state index in [4.69, 9.17) is 19.3 Å². The molecule has 1 aliphatic carbocycles. The predicted octanol–water partition coefficient (Wildman–Crippen LogP) is 1.72. The Morgan fingerprint density at radius 2 is 2.13 bits per heavy atom. The predicted molar refractivity (Wildman–Crippen MR) is 106 cm³/mol.